The highest BCUT2D eigenvalue weighted by atomic mass is 19.1. The number of allylic oxidation sites excluding steroid dienone is 3. The van der Waals surface area contributed by atoms with Crippen LogP contribution >= 0.6 is 0 Å². The Morgan fingerprint density at radius 3 is 2.71 bits per heavy atom. The second kappa shape index (κ2) is 10.1. The molecule has 1 aromatic heterocycles. The first-order chi connectivity index (χ1) is 14.9. The third-order valence-corrected chi connectivity index (χ3v) is 5.09. The maximum Gasteiger partial charge on any atom is 0.274 e. The zero-order valence-corrected chi connectivity index (χ0v) is 17.4. The van der Waals surface area contributed by atoms with Crippen molar-refractivity contribution in [1.29, 1.82) is 0 Å². The Labute approximate surface area is 181 Å². The van der Waals surface area contributed by atoms with Crippen LogP contribution in [0.2, 0.25) is 0 Å². The molecule has 3 N–H and O–H groups in total. The second-order valence-corrected chi connectivity index (χ2v) is 7.30. The fraction of sp³-hybridized carbons (Fsp3) is 0.250. The average Bonchev–Trinajstić information content (AvgIpc) is 2.77. The van der Waals surface area contributed by atoms with Gasteiger partial charge in [-0.15, -0.1) is 0 Å². The average molecular weight is 424 g/mol. The van der Waals surface area contributed by atoms with Gasteiger partial charge >= 0.3 is 0 Å². The molecule has 1 aromatic carbocycles. The molecule has 1 saturated heterocycles. The van der Waals surface area contributed by atoms with Crippen LogP contribution in [0.1, 0.15) is 30.3 Å². The van der Waals surface area contributed by atoms with Gasteiger partial charge in [-0.3, -0.25) is 4.79 Å². The van der Waals surface area contributed by atoms with Crippen LogP contribution in [0.5, 0.6) is 0 Å². The molecule has 2 heterocycles. The van der Waals surface area contributed by atoms with E-state index in [0.29, 0.717) is 12.2 Å². The number of amides is 1. The number of aromatic nitrogens is 1. The predicted molar refractivity (Wildman–Crippen MR) is 118 cm³/mol. The summed E-state index contributed by atoms with van der Waals surface area (Å²) in [4.78, 5) is 19.1. The van der Waals surface area contributed by atoms with Crippen LogP contribution < -0.4 is 11.1 Å². The van der Waals surface area contributed by atoms with Crippen molar-refractivity contribution < 1.29 is 13.6 Å². The highest BCUT2D eigenvalue weighted by molar-refractivity contribution is 5.94. The molecule has 1 unspecified atom stereocenters. The normalized spacial score (nSPS) is 17.4. The molecular weight excluding hydrogens is 398 g/mol. The molecule has 1 aliphatic heterocycles. The van der Waals surface area contributed by atoms with Gasteiger partial charge in [0, 0.05) is 24.7 Å². The van der Waals surface area contributed by atoms with E-state index in [1.807, 2.05) is 6.08 Å². The van der Waals surface area contributed by atoms with E-state index in [9.17, 15) is 13.6 Å². The molecule has 0 radical (unpaired) electrons. The molecule has 0 spiro atoms. The van der Waals surface area contributed by atoms with Crippen molar-refractivity contribution in [1.82, 2.24) is 15.2 Å². The Morgan fingerprint density at radius 1 is 1.26 bits per heavy atom. The zero-order chi connectivity index (χ0) is 22.4. The highest BCUT2D eigenvalue weighted by Gasteiger charge is 2.22. The number of rotatable bonds is 6. The number of nitrogens with one attached hydrogen (secondary N) is 1. The quantitative estimate of drug-likeness (QED) is 0.684. The predicted octanol–water partition coefficient (Wildman–Crippen LogP) is 4.15. The van der Waals surface area contributed by atoms with Crippen LogP contribution in [0.3, 0.4) is 0 Å². The molecule has 7 heteroatoms. The summed E-state index contributed by atoms with van der Waals surface area (Å²) < 4.78 is 28.5. The van der Waals surface area contributed by atoms with Gasteiger partial charge in [-0.2, -0.15) is 0 Å². The van der Waals surface area contributed by atoms with E-state index < -0.39 is 17.5 Å². The van der Waals surface area contributed by atoms with Crippen LogP contribution in [-0.2, 0) is 0 Å². The van der Waals surface area contributed by atoms with Crippen LogP contribution in [0.4, 0.5) is 8.78 Å². The van der Waals surface area contributed by atoms with E-state index in [4.69, 9.17) is 5.73 Å². The monoisotopic (exact) mass is 424 g/mol. The van der Waals surface area contributed by atoms with Gasteiger partial charge in [-0.25, -0.2) is 13.8 Å². The minimum absolute atomic E-state index is 0.00421. The van der Waals surface area contributed by atoms with Crippen LogP contribution in [0, 0.1) is 11.6 Å². The first kappa shape index (κ1) is 22.4. The highest BCUT2D eigenvalue weighted by Crippen LogP contribution is 2.24. The molecule has 5 nitrogen and oxygen atoms in total. The van der Waals surface area contributed by atoms with Crippen LogP contribution in [0.15, 0.2) is 72.6 Å². The van der Waals surface area contributed by atoms with Crippen molar-refractivity contribution in [2.75, 3.05) is 13.1 Å². The molecule has 0 saturated carbocycles. The maximum atomic E-state index is 14.3. The minimum atomic E-state index is -0.706. The SMILES string of the molecule is C=C/C=C(\C(=C/C)NC(=O)c1ccc(F)c(-c2ccccc2F)n1)N1CCCC(N)C1. The largest absolute Gasteiger partial charge is 0.368 e. The lowest BCUT2D eigenvalue weighted by Gasteiger charge is -2.35. The van der Waals surface area contributed by atoms with Crippen molar-refractivity contribution in [2.24, 2.45) is 5.73 Å². The number of halogens is 2. The van der Waals surface area contributed by atoms with E-state index >= 15 is 0 Å². The van der Waals surface area contributed by atoms with E-state index in [1.165, 1.54) is 24.3 Å². The summed E-state index contributed by atoms with van der Waals surface area (Å²) in [6.07, 6.45) is 7.14. The molecule has 0 bridgehead atoms. The third-order valence-electron chi connectivity index (χ3n) is 5.09. The van der Waals surface area contributed by atoms with Crippen molar-refractivity contribution in [2.45, 2.75) is 25.8 Å². The number of likely N-dealkylation sites (tertiary alicyclic amines) is 1. The fourth-order valence-electron chi connectivity index (χ4n) is 3.59. The molecule has 162 valence electrons. The van der Waals surface area contributed by atoms with Crippen LogP contribution in [0.25, 0.3) is 11.3 Å². The third kappa shape index (κ3) is 5.24. The molecule has 1 atom stereocenters. The zero-order valence-electron chi connectivity index (χ0n) is 17.4. The van der Waals surface area contributed by atoms with E-state index in [2.05, 4.69) is 21.8 Å². The summed E-state index contributed by atoms with van der Waals surface area (Å²) in [5, 5.41) is 2.84. The van der Waals surface area contributed by atoms with Gasteiger partial charge in [-0.1, -0.05) is 30.9 Å². The van der Waals surface area contributed by atoms with Gasteiger partial charge < -0.3 is 16.0 Å². The summed E-state index contributed by atoms with van der Waals surface area (Å²) in [7, 11) is 0. The Hall–Kier alpha value is -3.32. The van der Waals surface area contributed by atoms with Crippen molar-refractivity contribution in [3.63, 3.8) is 0 Å². The smallest absolute Gasteiger partial charge is 0.274 e. The van der Waals surface area contributed by atoms with Gasteiger partial charge in [0.15, 0.2) is 0 Å². The lowest BCUT2D eigenvalue weighted by atomic mass is 10.0. The van der Waals surface area contributed by atoms with Gasteiger partial charge in [-0.05, 0) is 50.1 Å². The van der Waals surface area contributed by atoms with E-state index in [0.717, 1.165) is 31.1 Å². The first-order valence-corrected chi connectivity index (χ1v) is 10.2. The van der Waals surface area contributed by atoms with Crippen molar-refractivity contribution >= 4 is 5.91 Å². The van der Waals surface area contributed by atoms with Crippen LogP contribution in [-0.4, -0.2) is 34.9 Å². The molecule has 31 heavy (non-hydrogen) atoms. The molecule has 2 aromatic rings. The fourth-order valence-corrected chi connectivity index (χ4v) is 3.59. The number of benzene rings is 1. The van der Waals surface area contributed by atoms with Gasteiger partial charge in [0.05, 0.1) is 11.4 Å². The van der Waals surface area contributed by atoms with E-state index in [-0.39, 0.29) is 23.0 Å². The molecule has 1 fully saturated rings. The molecule has 1 amide bonds. The van der Waals surface area contributed by atoms with E-state index in [1.54, 1.807) is 25.1 Å². The first-order valence-electron chi connectivity index (χ1n) is 10.2. The van der Waals surface area contributed by atoms with Crippen molar-refractivity contribution in [3.8, 4) is 11.3 Å². The number of carbonyl (C=O) groups is 1. The van der Waals surface area contributed by atoms with Gasteiger partial charge in [0.2, 0.25) is 0 Å². The second-order valence-electron chi connectivity index (χ2n) is 7.30. The number of piperidine rings is 1. The number of hydrogen-bond acceptors (Lipinski definition) is 4. The summed E-state index contributed by atoms with van der Waals surface area (Å²) in [6, 6.07) is 8.17. The number of pyridine rings is 1. The summed E-state index contributed by atoms with van der Waals surface area (Å²) >= 11 is 0. The molecular formula is C24H26F2N4O. The molecule has 0 aliphatic carbocycles. The minimum Gasteiger partial charge on any atom is -0.368 e. The topological polar surface area (TPSA) is 71.2 Å². The number of hydrogen-bond donors (Lipinski definition) is 2. The van der Waals surface area contributed by atoms with Crippen molar-refractivity contribution in [3.05, 3.63) is 89.9 Å². The molecule has 3 rings (SSSR count). The number of carbonyl (C=O) groups excluding carboxylic acids is 1. The summed E-state index contributed by atoms with van der Waals surface area (Å²) in [6.45, 7) is 7.05. The van der Waals surface area contributed by atoms with Gasteiger partial charge in [0.1, 0.15) is 23.0 Å². The summed E-state index contributed by atoms with van der Waals surface area (Å²) in [5.41, 5.74) is 7.23. The number of nitrogens with two attached hydrogens (primary N) is 1. The standard InChI is InChI=1S/C24H26F2N4O/c1-3-8-22(30-14-7-9-16(27)15-30)20(4-2)29-24(31)21-13-12-19(26)23(28-21)17-10-5-6-11-18(17)25/h3-6,8,10-13,16H,1,7,9,14-15,27H2,2H3,(H,29,31)/b20-4+,22-8+. The lowest BCUT2D eigenvalue weighted by Crippen LogP contribution is -2.43. The Bertz CT molecular complexity index is 1030. The molecule has 1 aliphatic rings. The Kier molecular flexibility index (Phi) is 7.31. The lowest BCUT2D eigenvalue weighted by molar-refractivity contribution is 0.0959. The summed E-state index contributed by atoms with van der Waals surface area (Å²) in [5.74, 6) is -1.84. The number of nitrogens with zero attached hydrogens (tertiary/aromatic N) is 2. The Balaban J connectivity index is 1.87. The Morgan fingerprint density at radius 2 is 2.03 bits per heavy atom. The maximum absolute atomic E-state index is 14.3. The van der Waals surface area contributed by atoms with Gasteiger partial charge in [0.25, 0.3) is 5.91 Å².